The van der Waals surface area contributed by atoms with Crippen LogP contribution in [-0.4, -0.2) is 54.5 Å². The third-order valence-electron chi connectivity index (χ3n) is 6.36. The highest BCUT2D eigenvalue weighted by atomic mass is 16.5. The van der Waals surface area contributed by atoms with Crippen LogP contribution >= 0.6 is 0 Å². The minimum Gasteiger partial charge on any atom is -0.490 e. The Morgan fingerprint density at radius 3 is 2.27 bits per heavy atom. The van der Waals surface area contributed by atoms with E-state index >= 15 is 0 Å². The van der Waals surface area contributed by atoms with Crippen LogP contribution in [0.5, 0.6) is 5.75 Å². The number of carbonyl (C=O) groups excluding carboxylic acids is 1. The van der Waals surface area contributed by atoms with Crippen LogP contribution in [0, 0.1) is 0 Å². The molecule has 2 heterocycles. The summed E-state index contributed by atoms with van der Waals surface area (Å²) in [6.45, 7) is 5.15. The Bertz CT molecular complexity index is 776. The monoisotopic (exact) mass is 406 g/mol. The summed E-state index contributed by atoms with van der Waals surface area (Å²) in [5.74, 6) is 1.04. The molecule has 0 N–H and O–H groups in total. The number of aryl methyl sites for hydroxylation is 1. The third kappa shape index (κ3) is 5.85. The van der Waals surface area contributed by atoms with Crippen LogP contribution in [0.1, 0.15) is 54.4 Å². The van der Waals surface area contributed by atoms with Crippen LogP contribution in [0.2, 0.25) is 0 Å². The third-order valence-corrected chi connectivity index (χ3v) is 6.36. The normalized spacial score (nSPS) is 18.3. The van der Waals surface area contributed by atoms with Gasteiger partial charge in [-0.2, -0.15) is 0 Å². The van der Waals surface area contributed by atoms with E-state index in [9.17, 15) is 4.79 Å². The molecular weight excluding hydrogens is 372 g/mol. The van der Waals surface area contributed by atoms with Crippen LogP contribution in [0.4, 0.5) is 0 Å². The van der Waals surface area contributed by atoms with E-state index in [1.807, 2.05) is 29.2 Å². The molecule has 30 heavy (non-hydrogen) atoms. The molecule has 0 aliphatic carbocycles. The summed E-state index contributed by atoms with van der Waals surface area (Å²) in [6.07, 6.45) is 8.26. The minimum atomic E-state index is 0.157. The fourth-order valence-electron chi connectivity index (χ4n) is 4.55. The molecule has 160 valence electrons. The number of hydrogen-bond acceptors (Lipinski definition) is 3. The number of carbonyl (C=O) groups is 1. The predicted molar refractivity (Wildman–Crippen MR) is 121 cm³/mol. The van der Waals surface area contributed by atoms with Crippen LogP contribution in [-0.2, 0) is 6.42 Å². The first-order valence-electron chi connectivity index (χ1n) is 11.6. The Morgan fingerprint density at radius 2 is 1.57 bits per heavy atom. The Kier molecular flexibility index (Phi) is 7.41. The zero-order chi connectivity index (χ0) is 20.6. The van der Waals surface area contributed by atoms with Crippen molar-refractivity contribution in [3.8, 4) is 5.75 Å². The quantitative estimate of drug-likeness (QED) is 0.663. The summed E-state index contributed by atoms with van der Waals surface area (Å²) in [4.78, 5) is 17.1. The van der Waals surface area contributed by atoms with E-state index in [2.05, 4.69) is 35.2 Å². The molecule has 2 saturated heterocycles. The van der Waals surface area contributed by atoms with Gasteiger partial charge in [-0.1, -0.05) is 30.3 Å². The summed E-state index contributed by atoms with van der Waals surface area (Å²) in [7, 11) is 0. The van der Waals surface area contributed by atoms with Gasteiger partial charge >= 0.3 is 0 Å². The molecule has 0 aromatic heterocycles. The average molecular weight is 407 g/mol. The number of piperidine rings is 2. The van der Waals surface area contributed by atoms with Gasteiger partial charge in [-0.05, 0) is 81.3 Å². The van der Waals surface area contributed by atoms with Crippen molar-refractivity contribution in [1.82, 2.24) is 9.80 Å². The van der Waals surface area contributed by atoms with Gasteiger partial charge in [0.05, 0.1) is 0 Å². The summed E-state index contributed by atoms with van der Waals surface area (Å²) >= 11 is 0. The van der Waals surface area contributed by atoms with Crippen molar-refractivity contribution in [3.63, 3.8) is 0 Å². The topological polar surface area (TPSA) is 32.8 Å². The Labute approximate surface area is 180 Å². The van der Waals surface area contributed by atoms with Crippen molar-refractivity contribution in [2.75, 3.05) is 32.7 Å². The Hall–Kier alpha value is -2.33. The van der Waals surface area contributed by atoms with Crippen molar-refractivity contribution in [1.29, 1.82) is 0 Å². The van der Waals surface area contributed by atoms with E-state index in [1.54, 1.807) is 0 Å². The molecule has 0 radical (unpaired) electrons. The average Bonchev–Trinajstić information content (AvgIpc) is 2.81. The molecule has 2 aliphatic rings. The SMILES string of the molecule is O=C(c1ccc(OC2CCN(CCCc3ccccc3)CC2)cc1)N1CCCCC1. The molecule has 0 atom stereocenters. The van der Waals surface area contributed by atoms with E-state index in [-0.39, 0.29) is 12.0 Å². The van der Waals surface area contributed by atoms with Crippen LogP contribution < -0.4 is 4.74 Å². The zero-order valence-corrected chi connectivity index (χ0v) is 18.0. The summed E-state index contributed by atoms with van der Waals surface area (Å²) in [5, 5.41) is 0. The number of benzene rings is 2. The molecule has 0 spiro atoms. The first kappa shape index (κ1) is 20.9. The molecule has 0 saturated carbocycles. The standard InChI is InChI=1S/C26H34N2O2/c29-26(28-18-5-2-6-19-28)23-11-13-24(14-12-23)30-25-15-20-27(21-16-25)17-7-10-22-8-3-1-4-9-22/h1,3-4,8-9,11-14,25H,2,5-7,10,15-21H2. The highest BCUT2D eigenvalue weighted by molar-refractivity contribution is 5.94. The second-order valence-corrected chi connectivity index (χ2v) is 8.63. The van der Waals surface area contributed by atoms with Gasteiger partial charge in [0, 0.05) is 31.7 Å². The van der Waals surface area contributed by atoms with Gasteiger partial charge < -0.3 is 14.5 Å². The van der Waals surface area contributed by atoms with E-state index in [1.165, 1.54) is 18.4 Å². The number of nitrogens with zero attached hydrogens (tertiary/aromatic N) is 2. The zero-order valence-electron chi connectivity index (χ0n) is 18.0. The van der Waals surface area contributed by atoms with E-state index in [0.717, 1.165) is 76.1 Å². The smallest absolute Gasteiger partial charge is 0.253 e. The molecule has 2 fully saturated rings. The molecule has 1 amide bonds. The highest BCUT2D eigenvalue weighted by Crippen LogP contribution is 2.21. The van der Waals surface area contributed by atoms with Crippen molar-refractivity contribution in [2.45, 2.75) is 51.0 Å². The van der Waals surface area contributed by atoms with Gasteiger partial charge in [0.15, 0.2) is 0 Å². The molecule has 4 nitrogen and oxygen atoms in total. The van der Waals surface area contributed by atoms with Crippen LogP contribution in [0.25, 0.3) is 0 Å². The van der Waals surface area contributed by atoms with Crippen LogP contribution in [0.3, 0.4) is 0 Å². The maximum atomic E-state index is 12.6. The van der Waals surface area contributed by atoms with Gasteiger partial charge in [0.2, 0.25) is 0 Å². The fraction of sp³-hybridized carbons (Fsp3) is 0.500. The first-order chi connectivity index (χ1) is 14.8. The molecular formula is C26H34N2O2. The summed E-state index contributed by atoms with van der Waals surface area (Å²) < 4.78 is 6.21. The van der Waals surface area contributed by atoms with E-state index in [4.69, 9.17) is 4.74 Å². The van der Waals surface area contributed by atoms with Crippen LogP contribution in [0.15, 0.2) is 54.6 Å². The van der Waals surface area contributed by atoms with Crippen molar-refractivity contribution >= 4 is 5.91 Å². The number of likely N-dealkylation sites (tertiary alicyclic amines) is 2. The molecule has 4 heteroatoms. The minimum absolute atomic E-state index is 0.157. The summed E-state index contributed by atoms with van der Waals surface area (Å²) in [5.41, 5.74) is 2.20. The first-order valence-corrected chi connectivity index (χ1v) is 11.6. The molecule has 0 unspecified atom stereocenters. The van der Waals surface area contributed by atoms with Gasteiger partial charge in [-0.3, -0.25) is 4.79 Å². The lowest BCUT2D eigenvalue weighted by atomic mass is 10.1. The lowest BCUT2D eigenvalue weighted by Crippen LogP contribution is -2.38. The number of hydrogen-bond donors (Lipinski definition) is 0. The second kappa shape index (κ2) is 10.6. The molecule has 0 bridgehead atoms. The molecule has 4 rings (SSSR count). The summed E-state index contributed by atoms with van der Waals surface area (Å²) in [6, 6.07) is 18.5. The molecule has 2 aliphatic heterocycles. The fourth-order valence-corrected chi connectivity index (χ4v) is 4.55. The van der Waals surface area contributed by atoms with Gasteiger partial charge in [-0.25, -0.2) is 0 Å². The lowest BCUT2D eigenvalue weighted by Gasteiger charge is -2.32. The maximum Gasteiger partial charge on any atom is 0.253 e. The number of rotatable bonds is 7. The van der Waals surface area contributed by atoms with E-state index in [0.29, 0.717) is 0 Å². The lowest BCUT2D eigenvalue weighted by molar-refractivity contribution is 0.0724. The predicted octanol–water partition coefficient (Wildman–Crippen LogP) is 4.79. The van der Waals surface area contributed by atoms with Gasteiger partial charge in [0.1, 0.15) is 11.9 Å². The molecule has 2 aromatic rings. The van der Waals surface area contributed by atoms with Crippen molar-refractivity contribution < 1.29 is 9.53 Å². The maximum absolute atomic E-state index is 12.6. The number of amides is 1. The van der Waals surface area contributed by atoms with Gasteiger partial charge in [0.25, 0.3) is 5.91 Å². The second-order valence-electron chi connectivity index (χ2n) is 8.63. The largest absolute Gasteiger partial charge is 0.490 e. The highest BCUT2D eigenvalue weighted by Gasteiger charge is 2.21. The van der Waals surface area contributed by atoms with Gasteiger partial charge in [-0.15, -0.1) is 0 Å². The van der Waals surface area contributed by atoms with Crippen molar-refractivity contribution in [3.05, 3.63) is 65.7 Å². The Balaban J connectivity index is 1.18. The van der Waals surface area contributed by atoms with Crippen molar-refractivity contribution in [2.24, 2.45) is 0 Å². The number of ether oxygens (including phenoxy) is 1. The molecule has 2 aromatic carbocycles. The van der Waals surface area contributed by atoms with E-state index < -0.39 is 0 Å². The Morgan fingerprint density at radius 1 is 0.867 bits per heavy atom.